The van der Waals surface area contributed by atoms with Gasteiger partial charge in [0.25, 0.3) is 0 Å². The average molecular weight is 228 g/mol. The van der Waals surface area contributed by atoms with Crippen LogP contribution in [0.2, 0.25) is 0 Å². The number of nitrogens with zero attached hydrogens (tertiary/aromatic N) is 3. The van der Waals surface area contributed by atoms with E-state index in [-0.39, 0.29) is 5.38 Å². The van der Waals surface area contributed by atoms with Crippen LogP contribution in [0.1, 0.15) is 12.0 Å². The molecule has 0 aliphatic carbocycles. The molecule has 2 heterocycles. The SMILES string of the molecule is COc1ncnc(N2CCC(Cl)C2)c1C. The van der Waals surface area contributed by atoms with E-state index in [1.54, 1.807) is 7.11 Å². The van der Waals surface area contributed by atoms with Crippen molar-refractivity contribution < 1.29 is 4.74 Å². The quantitative estimate of drug-likeness (QED) is 0.720. The second kappa shape index (κ2) is 4.23. The topological polar surface area (TPSA) is 38.3 Å². The first-order chi connectivity index (χ1) is 7.22. The Balaban J connectivity index is 2.28. The highest BCUT2D eigenvalue weighted by molar-refractivity contribution is 6.21. The van der Waals surface area contributed by atoms with Gasteiger partial charge in [-0.3, -0.25) is 0 Å². The number of hydrogen-bond donors (Lipinski definition) is 0. The summed E-state index contributed by atoms with van der Waals surface area (Å²) in [7, 11) is 1.62. The van der Waals surface area contributed by atoms with Crippen LogP contribution in [0.3, 0.4) is 0 Å². The molecule has 1 aliphatic heterocycles. The van der Waals surface area contributed by atoms with E-state index in [1.807, 2.05) is 6.92 Å². The highest BCUT2D eigenvalue weighted by atomic mass is 35.5. The first kappa shape index (κ1) is 10.5. The Morgan fingerprint density at radius 1 is 1.53 bits per heavy atom. The second-order valence-corrected chi connectivity index (χ2v) is 4.28. The molecule has 0 N–H and O–H groups in total. The predicted octanol–water partition coefficient (Wildman–Crippen LogP) is 1.61. The summed E-state index contributed by atoms with van der Waals surface area (Å²) in [5.74, 6) is 1.57. The fourth-order valence-corrected chi connectivity index (χ4v) is 2.12. The number of methoxy groups -OCH3 is 1. The third-order valence-electron chi connectivity index (χ3n) is 2.63. The minimum absolute atomic E-state index is 0.227. The second-order valence-electron chi connectivity index (χ2n) is 3.66. The number of alkyl halides is 1. The van der Waals surface area contributed by atoms with Gasteiger partial charge in [0, 0.05) is 13.1 Å². The monoisotopic (exact) mass is 227 g/mol. The van der Waals surface area contributed by atoms with E-state index in [4.69, 9.17) is 16.3 Å². The van der Waals surface area contributed by atoms with Gasteiger partial charge < -0.3 is 9.64 Å². The summed E-state index contributed by atoms with van der Waals surface area (Å²) in [4.78, 5) is 10.5. The third kappa shape index (κ3) is 2.00. The number of hydrogen-bond acceptors (Lipinski definition) is 4. The fraction of sp³-hybridized carbons (Fsp3) is 0.600. The van der Waals surface area contributed by atoms with E-state index in [9.17, 15) is 0 Å². The molecule has 5 heteroatoms. The van der Waals surface area contributed by atoms with Crippen molar-refractivity contribution in [3.63, 3.8) is 0 Å². The van der Waals surface area contributed by atoms with Crippen LogP contribution in [0.5, 0.6) is 5.88 Å². The Morgan fingerprint density at radius 3 is 2.93 bits per heavy atom. The van der Waals surface area contributed by atoms with Crippen LogP contribution in [0, 0.1) is 6.92 Å². The molecule has 0 saturated carbocycles. The van der Waals surface area contributed by atoms with Gasteiger partial charge in [-0.05, 0) is 13.3 Å². The van der Waals surface area contributed by atoms with E-state index in [1.165, 1.54) is 6.33 Å². The molecule has 82 valence electrons. The molecule has 1 aromatic heterocycles. The van der Waals surface area contributed by atoms with Gasteiger partial charge in [-0.25, -0.2) is 9.97 Å². The summed E-state index contributed by atoms with van der Waals surface area (Å²) in [5.41, 5.74) is 0.978. The molecule has 1 fully saturated rings. The van der Waals surface area contributed by atoms with E-state index >= 15 is 0 Å². The van der Waals surface area contributed by atoms with Crippen LogP contribution < -0.4 is 9.64 Å². The zero-order valence-corrected chi connectivity index (χ0v) is 9.66. The van der Waals surface area contributed by atoms with E-state index in [0.29, 0.717) is 5.88 Å². The van der Waals surface area contributed by atoms with Crippen molar-refractivity contribution in [2.45, 2.75) is 18.7 Å². The van der Waals surface area contributed by atoms with Gasteiger partial charge in [0.1, 0.15) is 12.1 Å². The van der Waals surface area contributed by atoms with Crippen LogP contribution in [0.4, 0.5) is 5.82 Å². The molecule has 2 rings (SSSR count). The molecule has 15 heavy (non-hydrogen) atoms. The minimum Gasteiger partial charge on any atom is -0.481 e. The van der Waals surface area contributed by atoms with Crippen LogP contribution in [-0.2, 0) is 0 Å². The molecular formula is C10H14ClN3O. The number of rotatable bonds is 2. The average Bonchev–Trinajstić information content (AvgIpc) is 2.65. The summed E-state index contributed by atoms with van der Waals surface area (Å²) in [6.07, 6.45) is 2.54. The number of anilines is 1. The predicted molar refractivity (Wildman–Crippen MR) is 59.8 cm³/mol. The Bertz CT molecular complexity index is 359. The van der Waals surface area contributed by atoms with Gasteiger partial charge in [-0.15, -0.1) is 11.6 Å². The van der Waals surface area contributed by atoms with Crippen molar-refractivity contribution in [1.29, 1.82) is 0 Å². The maximum atomic E-state index is 6.07. The van der Waals surface area contributed by atoms with Crippen molar-refractivity contribution in [3.8, 4) is 5.88 Å². The number of halogens is 1. The standard InChI is InChI=1S/C10H14ClN3O/c1-7-9(12-6-13-10(7)15-2)14-4-3-8(11)5-14/h6,8H,3-5H2,1-2H3. The summed E-state index contributed by atoms with van der Waals surface area (Å²) >= 11 is 6.07. The van der Waals surface area contributed by atoms with Crippen molar-refractivity contribution in [2.24, 2.45) is 0 Å². The third-order valence-corrected chi connectivity index (χ3v) is 2.99. The Labute approximate surface area is 94.2 Å². The van der Waals surface area contributed by atoms with Crippen molar-refractivity contribution in [1.82, 2.24) is 9.97 Å². The molecule has 1 aliphatic rings. The van der Waals surface area contributed by atoms with Crippen LogP contribution in [-0.4, -0.2) is 35.5 Å². The molecule has 0 radical (unpaired) electrons. The van der Waals surface area contributed by atoms with Gasteiger partial charge in [0.2, 0.25) is 5.88 Å². The van der Waals surface area contributed by atoms with Crippen molar-refractivity contribution >= 4 is 17.4 Å². The molecule has 0 amide bonds. The molecule has 1 saturated heterocycles. The Kier molecular flexibility index (Phi) is 2.95. The normalized spacial score (nSPS) is 20.7. The van der Waals surface area contributed by atoms with E-state index in [0.717, 1.165) is 30.9 Å². The van der Waals surface area contributed by atoms with Gasteiger partial charge in [-0.2, -0.15) is 0 Å². The molecule has 0 spiro atoms. The van der Waals surface area contributed by atoms with Gasteiger partial charge in [-0.1, -0.05) is 0 Å². The maximum absolute atomic E-state index is 6.07. The Hall–Kier alpha value is -1.03. The zero-order valence-electron chi connectivity index (χ0n) is 8.90. The Morgan fingerprint density at radius 2 is 2.33 bits per heavy atom. The smallest absolute Gasteiger partial charge is 0.221 e. The molecule has 0 bridgehead atoms. The molecule has 0 aromatic carbocycles. The van der Waals surface area contributed by atoms with Crippen molar-refractivity contribution in [3.05, 3.63) is 11.9 Å². The van der Waals surface area contributed by atoms with Gasteiger partial charge in [0.05, 0.1) is 18.1 Å². The number of ether oxygens (including phenoxy) is 1. The first-order valence-electron chi connectivity index (χ1n) is 4.97. The lowest BCUT2D eigenvalue weighted by molar-refractivity contribution is 0.393. The van der Waals surface area contributed by atoms with Gasteiger partial charge >= 0.3 is 0 Å². The highest BCUT2D eigenvalue weighted by Crippen LogP contribution is 2.27. The molecule has 4 nitrogen and oxygen atoms in total. The fourth-order valence-electron chi connectivity index (χ4n) is 1.86. The minimum atomic E-state index is 0.227. The van der Waals surface area contributed by atoms with Crippen LogP contribution in [0.25, 0.3) is 0 Å². The first-order valence-corrected chi connectivity index (χ1v) is 5.40. The summed E-state index contributed by atoms with van der Waals surface area (Å²) in [6.45, 7) is 3.77. The van der Waals surface area contributed by atoms with Crippen LogP contribution in [0.15, 0.2) is 6.33 Å². The zero-order chi connectivity index (χ0) is 10.8. The lowest BCUT2D eigenvalue weighted by atomic mass is 10.3. The lowest BCUT2D eigenvalue weighted by Gasteiger charge is -2.19. The largest absolute Gasteiger partial charge is 0.481 e. The molecular weight excluding hydrogens is 214 g/mol. The summed E-state index contributed by atoms with van der Waals surface area (Å²) < 4.78 is 5.16. The molecule has 1 unspecified atom stereocenters. The maximum Gasteiger partial charge on any atom is 0.221 e. The lowest BCUT2D eigenvalue weighted by Crippen LogP contribution is -2.22. The number of aromatic nitrogens is 2. The van der Waals surface area contributed by atoms with Gasteiger partial charge in [0.15, 0.2) is 0 Å². The molecule has 1 aromatic rings. The van der Waals surface area contributed by atoms with E-state index < -0.39 is 0 Å². The summed E-state index contributed by atoms with van der Waals surface area (Å²) in [5, 5.41) is 0.227. The highest BCUT2D eigenvalue weighted by Gasteiger charge is 2.23. The van der Waals surface area contributed by atoms with E-state index in [2.05, 4.69) is 14.9 Å². The summed E-state index contributed by atoms with van der Waals surface area (Å²) in [6, 6.07) is 0. The van der Waals surface area contributed by atoms with Crippen LogP contribution >= 0.6 is 11.6 Å². The molecule has 1 atom stereocenters. The van der Waals surface area contributed by atoms with Crippen molar-refractivity contribution in [2.75, 3.05) is 25.1 Å².